The molecule has 86 valence electrons. The van der Waals surface area contributed by atoms with Gasteiger partial charge in [-0.25, -0.2) is 4.98 Å². The molecule has 4 nitrogen and oxygen atoms in total. The number of hydrogen-bond donors (Lipinski definition) is 1. The fraction of sp³-hybridized carbons (Fsp3) is 0.455. The molecular weight excluding hydrogens is 220 g/mol. The summed E-state index contributed by atoms with van der Waals surface area (Å²) in [6, 6.07) is 2.02. The number of thiazole rings is 1. The van der Waals surface area contributed by atoms with Gasteiger partial charge in [-0.05, 0) is 12.5 Å². The Hall–Kier alpha value is -1.20. The van der Waals surface area contributed by atoms with Crippen molar-refractivity contribution < 1.29 is 0 Å². The van der Waals surface area contributed by atoms with Crippen molar-refractivity contribution >= 4 is 11.3 Å². The lowest BCUT2D eigenvalue weighted by atomic mass is 10.4. The molecule has 0 atom stereocenters. The Labute approximate surface area is 99.3 Å². The molecule has 0 bridgehead atoms. The maximum atomic E-state index is 4.35. The smallest absolute Gasteiger partial charge is 0.107 e. The van der Waals surface area contributed by atoms with E-state index in [0.717, 1.165) is 30.2 Å². The summed E-state index contributed by atoms with van der Waals surface area (Å²) in [4.78, 5) is 5.70. The van der Waals surface area contributed by atoms with E-state index >= 15 is 0 Å². The topological polar surface area (TPSA) is 42.7 Å². The van der Waals surface area contributed by atoms with E-state index in [9.17, 15) is 0 Å². The maximum Gasteiger partial charge on any atom is 0.107 e. The van der Waals surface area contributed by atoms with E-state index in [2.05, 4.69) is 22.3 Å². The molecule has 0 saturated heterocycles. The van der Waals surface area contributed by atoms with Crippen LogP contribution in [0.25, 0.3) is 0 Å². The van der Waals surface area contributed by atoms with E-state index in [4.69, 9.17) is 0 Å². The maximum absolute atomic E-state index is 4.35. The highest BCUT2D eigenvalue weighted by Crippen LogP contribution is 2.12. The second-order valence-electron chi connectivity index (χ2n) is 3.66. The Kier molecular flexibility index (Phi) is 3.69. The van der Waals surface area contributed by atoms with Gasteiger partial charge in [0.15, 0.2) is 0 Å². The van der Waals surface area contributed by atoms with Gasteiger partial charge in [-0.1, -0.05) is 6.92 Å². The molecule has 0 unspecified atom stereocenters. The Bertz CT molecular complexity index is 446. The lowest BCUT2D eigenvalue weighted by Gasteiger charge is -1.98. The second-order valence-corrected chi connectivity index (χ2v) is 4.86. The first-order valence-corrected chi connectivity index (χ1v) is 6.22. The lowest BCUT2D eigenvalue weighted by Crippen LogP contribution is -2.13. The van der Waals surface area contributed by atoms with Crippen molar-refractivity contribution in [1.82, 2.24) is 20.1 Å². The van der Waals surface area contributed by atoms with Crippen LogP contribution < -0.4 is 5.32 Å². The van der Waals surface area contributed by atoms with Gasteiger partial charge in [0.2, 0.25) is 0 Å². The fourth-order valence-electron chi connectivity index (χ4n) is 1.45. The number of aromatic nitrogens is 3. The first-order valence-electron chi connectivity index (χ1n) is 5.40. The van der Waals surface area contributed by atoms with Crippen molar-refractivity contribution in [3.63, 3.8) is 0 Å². The number of hydrogen-bond acceptors (Lipinski definition) is 4. The van der Waals surface area contributed by atoms with Gasteiger partial charge in [0, 0.05) is 37.4 Å². The Balaban J connectivity index is 1.79. The van der Waals surface area contributed by atoms with Crippen molar-refractivity contribution in [2.45, 2.75) is 26.4 Å². The van der Waals surface area contributed by atoms with E-state index in [1.165, 1.54) is 4.88 Å². The standard InChI is InChI=1S/C11H16N4S/c1-3-10-7-13-11(16-10)8-12-6-9-4-5-15(2)14-9/h4-5,7,12H,3,6,8H2,1-2H3. The zero-order chi connectivity index (χ0) is 11.4. The normalized spacial score (nSPS) is 10.9. The van der Waals surface area contributed by atoms with Crippen molar-refractivity contribution in [2.75, 3.05) is 0 Å². The molecule has 2 rings (SSSR count). The predicted octanol–water partition coefficient (Wildman–Crippen LogP) is 1.73. The predicted molar refractivity (Wildman–Crippen MR) is 65.2 cm³/mol. The zero-order valence-corrected chi connectivity index (χ0v) is 10.4. The van der Waals surface area contributed by atoms with Crippen LogP contribution in [-0.2, 0) is 26.6 Å². The van der Waals surface area contributed by atoms with Gasteiger partial charge in [0.25, 0.3) is 0 Å². The molecule has 2 aromatic heterocycles. The molecule has 2 aromatic rings. The molecule has 5 heteroatoms. The summed E-state index contributed by atoms with van der Waals surface area (Å²) in [6.07, 6.45) is 4.98. The molecule has 0 aliphatic carbocycles. The summed E-state index contributed by atoms with van der Waals surface area (Å²) < 4.78 is 1.82. The van der Waals surface area contributed by atoms with Gasteiger partial charge in [0.05, 0.1) is 5.69 Å². The van der Waals surface area contributed by atoms with E-state index in [-0.39, 0.29) is 0 Å². The summed E-state index contributed by atoms with van der Waals surface area (Å²) in [5, 5.41) is 8.79. The molecular formula is C11H16N4S. The van der Waals surface area contributed by atoms with E-state index in [0.29, 0.717) is 0 Å². The van der Waals surface area contributed by atoms with Crippen LogP contribution in [-0.4, -0.2) is 14.8 Å². The average Bonchev–Trinajstić information content (AvgIpc) is 2.88. The average molecular weight is 236 g/mol. The summed E-state index contributed by atoms with van der Waals surface area (Å²) >= 11 is 1.77. The number of nitrogens with zero attached hydrogens (tertiary/aromatic N) is 3. The number of nitrogens with one attached hydrogen (secondary N) is 1. The van der Waals surface area contributed by atoms with Crippen LogP contribution in [0.5, 0.6) is 0 Å². The van der Waals surface area contributed by atoms with Gasteiger partial charge >= 0.3 is 0 Å². The van der Waals surface area contributed by atoms with E-state index in [1.807, 2.05) is 30.2 Å². The minimum absolute atomic E-state index is 0.794. The van der Waals surface area contributed by atoms with Crippen LogP contribution in [0, 0.1) is 0 Å². The third-order valence-electron chi connectivity index (χ3n) is 2.30. The summed E-state index contributed by atoms with van der Waals surface area (Å²) in [7, 11) is 1.93. The zero-order valence-electron chi connectivity index (χ0n) is 9.60. The van der Waals surface area contributed by atoms with E-state index < -0.39 is 0 Å². The molecule has 2 heterocycles. The van der Waals surface area contributed by atoms with Crippen LogP contribution in [0.3, 0.4) is 0 Å². The lowest BCUT2D eigenvalue weighted by molar-refractivity contribution is 0.654. The monoisotopic (exact) mass is 236 g/mol. The van der Waals surface area contributed by atoms with Crippen LogP contribution >= 0.6 is 11.3 Å². The first-order chi connectivity index (χ1) is 7.78. The van der Waals surface area contributed by atoms with Gasteiger partial charge in [-0.3, -0.25) is 4.68 Å². The third kappa shape index (κ3) is 2.90. The third-order valence-corrected chi connectivity index (χ3v) is 3.44. The molecule has 0 radical (unpaired) electrons. The molecule has 0 saturated carbocycles. The molecule has 0 amide bonds. The number of aryl methyl sites for hydroxylation is 2. The molecule has 0 aliphatic heterocycles. The Morgan fingerprint density at radius 2 is 2.31 bits per heavy atom. The molecule has 16 heavy (non-hydrogen) atoms. The first kappa shape index (κ1) is 11.3. The van der Waals surface area contributed by atoms with Crippen LogP contribution in [0.1, 0.15) is 22.5 Å². The molecule has 1 N–H and O–H groups in total. The highest BCUT2D eigenvalue weighted by molar-refractivity contribution is 7.11. The minimum atomic E-state index is 0.794. The highest BCUT2D eigenvalue weighted by Gasteiger charge is 2.01. The summed E-state index contributed by atoms with van der Waals surface area (Å²) in [5.41, 5.74) is 1.06. The second kappa shape index (κ2) is 5.23. The fourth-order valence-corrected chi connectivity index (χ4v) is 2.28. The Morgan fingerprint density at radius 1 is 1.44 bits per heavy atom. The van der Waals surface area contributed by atoms with Gasteiger partial charge in [-0.15, -0.1) is 11.3 Å². The molecule has 0 fully saturated rings. The SMILES string of the molecule is CCc1cnc(CNCc2ccn(C)n2)s1. The van der Waals surface area contributed by atoms with Gasteiger partial charge < -0.3 is 5.32 Å². The largest absolute Gasteiger partial charge is 0.305 e. The quantitative estimate of drug-likeness (QED) is 0.859. The van der Waals surface area contributed by atoms with Crippen LogP contribution in [0.4, 0.5) is 0 Å². The van der Waals surface area contributed by atoms with E-state index in [1.54, 1.807) is 11.3 Å². The minimum Gasteiger partial charge on any atom is -0.305 e. The highest BCUT2D eigenvalue weighted by atomic mass is 32.1. The Morgan fingerprint density at radius 3 is 2.94 bits per heavy atom. The molecule has 0 spiro atoms. The summed E-state index contributed by atoms with van der Waals surface area (Å²) in [5.74, 6) is 0. The van der Waals surface area contributed by atoms with Gasteiger partial charge in [-0.2, -0.15) is 5.10 Å². The van der Waals surface area contributed by atoms with Crippen molar-refractivity contribution in [3.8, 4) is 0 Å². The molecule has 0 aromatic carbocycles. The molecule has 0 aliphatic rings. The van der Waals surface area contributed by atoms with Gasteiger partial charge in [0.1, 0.15) is 5.01 Å². The van der Waals surface area contributed by atoms with Crippen molar-refractivity contribution in [2.24, 2.45) is 7.05 Å². The van der Waals surface area contributed by atoms with Crippen molar-refractivity contribution in [1.29, 1.82) is 0 Å². The van der Waals surface area contributed by atoms with Crippen LogP contribution in [0.15, 0.2) is 18.5 Å². The van der Waals surface area contributed by atoms with Crippen molar-refractivity contribution in [3.05, 3.63) is 34.0 Å². The summed E-state index contributed by atoms with van der Waals surface area (Å²) in [6.45, 7) is 3.77. The van der Waals surface area contributed by atoms with Crippen LogP contribution in [0.2, 0.25) is 0 Å². The number of rotatable bonds is 5.